The first kappa shape index (κ1) is 20.5. The number of benzene rings is 2. The number of amides is 1. The Bertz CT molecular complexity index is 1010. The second kappa shape index (κ2) is 9.28. The molecular formula is C23H26N2O4. The minimum absolute atomic E-state index is 0.0681. The molecule has 3 aromatic rings. The maximum Gasteiger partial charge on any atom is 0.308 e. The van der Waals surface area contributed by atoms with Crippen molar-refractivity contribution in [3.63, 3.8) is 0 Å². The number of nitrogens with one attached hydrogen (secondary N) is 1. The molecule has 1 amide bonds. The van der Waals surface area contributed by atoms with Crippen LogP contribution in [0.4, 0.5) is 0 Å². The van der Waals surface area contributed by atoms with Gasteiger partial charge in [0, 0.05) is 30.2 Å². The molecule has 0 spiro atoms. The molecule has 6 heteroatoms. The zero-order chi connectivity index (χ0) is 20.8. The molecule has 0 radical (unpaired) electrons. The predicted octanol–water partition coefficient (Wildman–Crippen LogP) is 3.27. The number of methoxy groups -OCH3 is 1. The molecular weight excluding hydrogens is 368 g/mol. The van der Waals surface area contributed by atoms with Crippen molar-refractivity contribution < 1.29 is 19.4 Å². The Balaban J connectivity index is 1.66. The van der Waals surface area contributed by atoms with Crippen LogP contribution in [0.25, 0.3) is 10.9 Å². The Kier molecular flexibility index (Phi) is 6.54. The van der Waals surface area contributed by atoms with Gasteiger partial charge in [0.05, 0.1) is 19.4 Å². The Morgan fingerprint density at radius 2 is 1.83 bits per heavy atom. The number of hydrogen-bond acceptors (Lipinski definition) is 3. The van der Waals surface area contributed by atoms with E-state index in [4.69, 9.17) is 4.74 Å². The molecule has 1 atom stereocenters. The van der Waals surface area contributed by atoms with E-state index in [0.717, 1.165) is 28.6 Å². The monoisotopic (exact) mass is 394 g/mol. The quantitative estimate of drug-likeness (QED) is 0.584. The first-order valence-electron chi connectivity index (χ1n) is 9.71. The van der Waals surface area contributed by atoms with Crippen LogP contribution in [0.1, 0.15) is 18.1 Å². The highest BCUT2D eigenvalue weighted by atomic mass is 16.5. The number of carbonyl (C=O) groups excluding carboxylic acids is 1. The minimum Gasteiger partial charge on any atom is -0.496 e. The topological polar surface area (TPSA) is 80.6 Å². The highest BCUT2D eigenvalue weighted by molar-refractivity contribution is 5.89. The fourth-order valence-corrected chi connectivity index (χ4v) is 3.58. The van der Waals surface area contributed by atoms with Gasteiger partial charge in [0.15, 0.2) is 0 Å². The summed E-state index contributed by atoms with van der Waals surface area (Å²) in [5, 5.41) is 13.4. The van der Waals surface area contributed by atoms with E-state index in [1.807, 2.05) is 48.7 Å². The number of hydrogen-bond donors (Lipinski definition) is 2. The number of ether oxygens (including phenoxy) is 1. The summed E-state index contributed by atoms with van der Waals surface area (Å²) >= 11 is 0. The molecule has 29 heavy (non-hydrogen) atoms. The Hall–Kier alpha value is -3.28. The maximum atomic E-state index is 12.5. The van der Waals surface area contributed by atoms with E-state index in [0.29, 0.717) is 5.75 Å². The van der Waals surface area contributed by atoms with E-state index in [2.05, 4.69) is 16.8 Å². The molecule has 0 aliphatic heterocycles. The number of rotatable bonds is 9. The SMILES string of the molecule is CCn1cc(CC(=O)NCC(Cc2ccccc2OC)C(=O)O)c2ccccc21. The summed E-state index contributed by atoms with van der Waals surface area (Å²) in [6, 6.07) is 15.3. The molecule has 3 rings (SSSR count). The number of fused-ring (bicyclic) bond motifs is 1. The molecule has 152 valence electrons. The first-order valence-corrected chi connectivity index (χ1v) is 9.71. The molecule has 0 aliphatic rings. The number of carboxylic acid groups (broad SMARTS) is 1. The third-order valence-corrected chi connectivity index (χ3v) is 5.12. The van der Waals surface area contributed by atoms with Crippen molar-refractivity contribution in [1.29, 1.82) is 0 Å². The summed E-state index contributed by atoms with van der Waals surface area (Å²) in [6.45, 7) is 2.95. The van der Waals surface area contributed by atoms with Gasteiger partial charge in [-0.15, -0.1) is 0 Å². The Labute approximate surface area is 170 Å². The molecule has 0 saturated heterocycles. The molecule has 1 unspecified atom stereocenters. The predicted molar refractivity (Wildman–Crippen MR) is 112 cm³/mol. The fourth-order valence-electron chi connectivity index (χ4n) is 3.58. The largest absolute Gasteiger partial charge is 0.496 e. The maximum absolute atomic E-state index is 12.5. The molecule has 2 aromatic carbocycles. The van der Waals surface area contributed by atoms with E-state index in [9.17, 15) is 14.7 Å². The second-order valence-corrected chi connectivity index (χ2v) is 6.99. The number of carbonyl (C=O) groups is 2. The van der Waals surface area contributed by atoms with Crippen molar-refractivity contribution >= 4 is 22.8 Å². The molecule has 6 nitrogen and oxygen atoms in total. The summed E-state index contributed by atoms with van der Waals surface area (Å²) in [7, 11) is 1.56. The molecule has 1 heterocycles. The lowest BCUT2D eigenvalue weighted by Crippen LogP contribution is -2.35. The number of carboxylic acids is 1. The van der Waals surface area contributed by atoms with Crippen LogP contribution in [0.15, 0.2) is 54.7 Å². The average Bonchev–Trinajstić information content (AvgIpc) is 3.08. The van der Waals surface area contributed by atoms with Crippen LogP contribution in [0.5, 0.6) is 5.75 Å². The average molecular weight is 394 g/mol. The summed E-state index contributed by atoms with van der Waals surface area (Å²) in [6.07, 6.45) is 2.50. The zero-order valence-electron chi connectivity index (χ0n) is 16.7. The molecule has 0 aliphatic carbocycles. The van der Waals surface area contributed by atoms with Gasteiger partial charge in [-0.2, -0.15) is 0 Å². The Morgan fingerprint density at radius 1 is 1.10 bits per heavy atom. The van der Waals surface area contributed by atoms with Crippen molar-refractivity contribution in [1.82, 2.24) is 9.88 Å². The van der Waals surface area contributed by atoms with Crippen LogP contribution in [-0.2, 0) is 29.0 Å². The van der Waals surface area contributed by atoms with Crippen molar-refractivity contribution in [3.8, 4) is 5.75 Å². The van der Waals surface area contributed by atoms with Crippen LogP contribution in [0, 0.1) is 5.92 Å². The van der Waals surface area contributed by atoms with Gasteiger partial charge in [0.1, 0.15) is 5.75 Å². The first-order chi connectivity index (χ1) is 14.0. The fraction of sp³-hybridized carbons (Fsp3) is 0.304. The van der Waals surface area contributed by atoms with Crippen molar-refractivity contribution in [3.05, 3.63) is 65.9 Å². The summed E-state index contributed by atoms with van der Waals surface area (Å²) in [5.41, 5.74) is 2.84. The van der Waals surface area contributed by atoms with Crippen molar-refractivity contribution in [2.45, 2.75) is 26.3 Å². The van der Waals surface area contributed by atoms with Crippen LogP contribution in [-0.4, -0.2) is 35.2 Å². The Morgan fingerprint density at radius 3 is 2.55 bits per heavy atom. The number of nitrogens with zero attached hydrogens (tertiary/aromatic N) is 1. The van der Waals surface area contributed by atoms with E-state index in [1.165, 1.54) is 0 Å². The molecule has 0 bridgehead atoms. The summed E-state index contributed by atoms with van der Waals surface area (Å²) in [5.74, 6) is -1.21. The lowest BCUT2D eigenvalue weighted by Gasteiger charge is -2.15. The van der Waals surface area contributed by atoms with Gasteiger partial charge < -0.3 is 19.7 Å². The molecule has 2 N–H and O–H groups in total. The van der Waals surface area contributed by atoms with Crippen LogP contribution >= 0.6 is 0 Å². The molecule has 0 saturated carbocycles. The third-order valence-electron chi connectivity index (χ3n) is 5.12. The normalized spacial score (nSPS) is 11.9. The number of aryl methyl sites for hydroxylation is 1. The highest BCUT2D eigenvalue weighted by Crippen LogP contribution is 2.23. The van der Waals surface area contributed by atoms with E-state index < -0.39 is 11.9 Å². The van der Waals surface area contributed by atoms with E-state index in [-0.39, 0.29) is 25.3 Å². The lowest BCUT2D eigenvalue weighted by atomic mass is 9.98. The zero-order valence-corrected chi connectivity index (χ0v) is 16.7. The standard InChI is InChI=1S/C23H26N2O4/c1-3-25-15-18(19-9-5-6-10-20(19)25)13-22(26)24-14-17(23(27)28)12-16-8-4-7-11-21(16)29-2/h4-11,15,17H,3,12-14H2,1-2H3,(H,24,26)(H,27,28). The van der Waals surface area contributed by atoms with Gasteiger partial charge in [0.2, 0.25) is 5.91 Å². The molecule has 0 fully saturated rings. The van der Waals surface area contributed by atoms with Gasteiger partial charge in [-0.25, -0.2) is 0 Å². The lowest BCUT2D eigenvalue weighted by molar-refractivity contribution is -0.141. The van der Waals surface area contributed by atoms with Crippen LogP contribution in [0.3, 0.4) is 0 Å². The van der Waals surface area contributed by atoms with Crippen LogP contribution in [0.2, 0.25) is 0 Å². The van der Waals surface area contributed by atoms with Gasteiger partial charge in [0.25, 0.3) is 0 Å². The summed E-state index contributed by atoms with van der Waals surface area (Å²) < 4.78 is 7.41. The third kappa shape index (κ3) is 4.77. The van der Waals surface area contributed by atoms with Crippen LogP contribution < -0.4 is 10.1 Å². The number of aliphatic carboxylic acids is 1. The van der Waals surface area contributed by atoms with Gasteiger partial charge in [-0.3, -0.25) is 9.59 Å². The smallest absolute Gasteiger partial charge is 0.308 e. The molecule has 1 aromatic heterocycles. The minimum atomic E-state index is -0.946. The number of aromatic nitrogens is 1. The van der Waals surface area contributed by atoms with Gasteiger partial charge >= 0.3 is 5.97 Å². The van der Waals surface area contributed by atoms with Crippen molar-refractivity contribution in [2.75, 3.05) is 13.7 Å². The van der Waals surface area contributed by atoms with E-state index >= 15 is 0 Å². The van der Waals surface area contributed by atoms with Gasteiger partial charge in [-0.1, -0.05) is 36.4 Å². The van der Waals surface area contributed by atoms with E-state index in [1.54, 1.807) is 13.2 Å². The summed E-state index contributed by atoms with van der Waals surface area (Å²) in [4.78, 5) is 24.2. The second-order valence-electron chi connectivity index (χ2n) is 6.99. The highest BCUT2D eigenvalue weighted by Gasteiger charge is 2.21. The number of para-hydroxylation sites is 2. The van der Waals surface area contributed by atoms with Gasteiger partial charge in [-0.05, 0) is 36.6 Å². The van der Waals surface area contributed by atoms with Crippen molar-refractivity contribution in [2.24, 2.45) is 5.92 Å².